The highest BCUT2D eigenvalue weighted by Gasteiger charge is 2.25. The molecule has 0 aliphatic heterocycles. The third-order valence-electron chi connectivity index (χ3n) is 1.94. The van der Waals surface area contributed by atoms with Crippen molar-refractivity contribution in [3.05, 3.63) is 27.8 Å². The first kappa shape index (κ1) is 14.2. The number of halogens is 1. The number of hydrogen-bond acceptors (Lipinski definition) is 6. The molecular formula is C9H7ClN2O5S. The second kappa shape index (κ2) is 5.20. The number of nitrogens with zero attached hydrogens (tertiary/aromatic N) is 2. The minimum Gasteiger partial charge on any atom is -0.487 e. The quantitative estimate of drug-likeness (QED) is 0.475. The average Bonchev–Trinajstić information content (AvgIpc) is 2.27. The van der Waals surface area contributed by atoms with Gasteiger partial charge in [-0.15, -0.1) is 0 Å². The molecule has 9 heteroatoms. The predicted octanol–water partition coefficient (Wildman–Crippen LogP) is 1.79. The molecule has 0 aliphatic carbocycles. The van der Waals surface area contributed by atoms with Crippen molar-refractivity contribution in [2.75, 3.05) is 6.61 Å². The van der Waals surface area contributed by atoms with Gasteiger partial charge in [-0.3, -0.25) is 10.1 Å². The van der Waals surface area contributed by atoms with Gasteiger partial charge in [0.2, 0.25) is 0 Å². The summed E-state index contributed by atoms with van der Waals surface area (Å²) in [6.45, 7) is 1.74. The van der Waals surface area contributed by atoms with Crippen LogP contribution in [0.5, 0.6) is 5.75 Å². The van der Waals surface area contributed by atoms with Gasteiger partial charge in [0.05, 0.1) is 17.1 Å². The SMILES string of the molecule is CCOc1cc(C#N)c(S(=O)(=O)Cl)cc1[N+](=O)[O-]. The van der Waals surface area contributed by atoms with Crippen molar-refractivity contribution in [3.63, 3.8) is 0 Å². The topological polar surface area (TPSA) is 110 Å². The molecule has 0 amide bonds. The number of nitriles is 1. The van der Waals surface area contributed by atoms with Gasteiger partial charge < -0.3 is 4.74 Å². The number of nitro benzene ring substituents is 1. The third-order valence-corrected chi connectivity index (χ3v) is 3.30. The highest BCUT2D eigenvalue weighted by Crippen LogP contribution is 2.33. The first-order valence-electron chi connectivity index (χ1n) is 4.61. The van der Waals surface area contributed by atoms with Gasteiger partial charge in [0.25, 0.3) is 9.05 Å². The van der Waals surface area contributed by atoms with E-state index in [0.717, 1.165) is 6.07 Å². The van der Waals surface area contributed by atoms with E-state index in [1.807, 2.05) is 0 Å². The Labute approximate surface area is 107 Å². The van der Waals surface area contributed by atoms with Gasteiger partial charge in [0.1, 0.15) is 11.0 Å². The number of benzene rings is 1. The lowest BCUT2D eigenvalue weighted by Crippen LogP contribution is -2.02. The summed E-state index contributed by atoms with van der Waals surface area (Å²) in [7, 11) is 0.863. The Bertz CT molecular complexity index is 635. The molecule has 0 saturated carbocycles. The summed E-state index contributed by atoms with van der Waals surface area (Å²) in [6.07, 6.45) is 0. The molecule has 0 atom stereocenters. The van der Waals surface area contributed by atoms with Gasteiger partial charge in [-0.2, -0.15) is 5.26 Å². The summed E-state index contributed by atoms with van der Waals surface area (Å²) < 4.78 is 27.4. The molecule has 96 valence electrons. The largest absolute Gasteiger partial charge is 0.487 e. The maximum Gasteiger partial charge on any atom is 0.312 e. The smallest absolute Gasteiger partial charge is 0.312 e. The highest BCUT2D eigenvalue weighted by atomic mass is 35.7. The van der Waals surface area contributed by atoms with Crippen molar-refractivity contribution in [2.45, 2.75) is 11.8 Å². The summed E-state index contributed by atoms with van der Waals surface area (Å²) >= 11 is 0. The Hall–Kier alpha value is -1.85. The monoisotopic (exact) mass is 290 g/mol. The molecule has 0 spiro atoms. The lowest BCUT2D eigenvalue weighted by atomic mass is 10.2. The van der Waals surface area contributed by atoms with E-state index < -0.39 is 24.6 Å². The van der Waals surface area contributed by atoms with Gasteiger partial charge in [-0.1, -0.05) is 0 Å². The Morgan fingerprint density at radius 2 is 2.17 bits per heavy atom. The molecule has 1 rings (SSSR count). The fourth-order valence-electron chi connectivity index (χ4n) is 1.25. The van der Waals surface area contributed by atoms with Crippen LogP contribution in [-0.2, 0) is 9.05 Å². The van der Waals surface area contributed by atoms with Crippen molar-refractivity contribution in [1.82, 2.24) is 0 Å². The molecule has 18 heavy (non-hydrogen) atoms. The van der Waals surface area contributed by atoms with Crippen LogP contribution >= 0.6 is 10.7 Å². The third kappa shape index (κ3) is 2.88. The zero-order valence-corrected chi connectivity index (χ0v) is 10.7. The van der Waals surface area contributed by atoms with Crippen LogP contribution in [0.15, 0.2) is 17.0 Å². The van der Waals surface area contributed by atoms with Gasteiger partial charge in [0.15, 0.2) is 5.75 Å². The van der Waals surface area contributed by atoms with E-state index in [1.165, 1.54) is 0 Å². The van der Waals surface area contributed by atoms with Crippen LogP contribution in [0.25, 0.3) is 0 Å². The molecule has 0 unspecified atom stereocenters. The van der Waals surface area contributed by atoms with E-state index in [2.05, 4.69) is 0 Å². The lowest BCUT2D eigenvalue weighted by molar-refractivity contribution is -0.386. The number of ether oxygens (including phenoxy) is 1. The summed E-state index contributed by atoms with van der Waals surface area (Å²) in [5.74, 6) is -0.178. The van der Waals surface area contributed by atoms with E-state index in [4.69, 9.17) is 20.7 Å². The minimum absolute atomic E-state index is 0.138. The Balaban J connectivity index is 3.63. The first-order valence-corrected chi connectivity index (χ1v) is 6.92. The molecule has 0 saturated heterocycles. The number of hydrogen-bond donors (Lipinski definition) is 0. The van der Waals surface area contributed by atoms with Crippen LogP contribution < -0.4 is 4.74 Å². The van der Waals surface area contributed by atoms with Gasteiger partial charge in [0, 0.05) is 22.8 Å². The average molecular weight is 291 g/mol. The molecule has 0 fully saturated rings. The zero-order chi connectivity index (χ0) is 13.9. The predicted molar refractivity (Wildman–Crippen MR) is 62.0 cm³/mol. The normalized spacial score (nSPS) is 10.7. The Kier molecular flexibility index (Phi) is 4.11. The van der Waals surface area contributed by atoms with E-state index in [0.29, 0.717) is 6.07 Å². The molecule has 0 radical (unpaired) electrons. The van der Waals surface area contributed by atoms with E-state index in [9.17, 15) is 18.5 Å². The summed E-state index contributed by atoms with van der Waals surface area (Å²) in [5.41, 5.74) is -0.867. The second-order valence-electron chi connectivity index (χ2n) is 3.06. The van der Waals surface area contributed by atoms with Crippen LogP contribution in [0.3, 0.4) is 0 Å². The fraction of sp³-hybridized carbons (Fsp3) is 0.222. The maximum atomic E-state index is 11.2. The fourth-order valence-corrected chi connectivity index (χ4v) is 2.25. The summed E-state index contributed by atoms with van der Waals surface area (Å²) in [6, 6.07) is 3.30. The van der Waals surface area contributed by atoms with E-state index in [-0.39, 0.29) is 17.9 Å². The molecule has 7 nitrogen and oxygen atoms in total. The lowest BCUT2D eigenvalue weighted by Gasteiger charge is -2.06. The van der Waals surface area contributed by atoms with E-state index in [1.54, 1.807) is 13.0 Å². The number of nitro groups is 1. The van der Waals surface area contributed by atoms with Crippen LogP contribution in [-0.4, -0.2) is 19.9 Å². The molecule has 1 aromatic carbocycles. The van der Waals surface area contributed by atoms with Crippen LogP contribution in [0.4, 0.5) is 5.69 Å². The molecule has 0 heterocycles. The van der Waals surface area contributed by atoms with Gasteiger partial charge in [-0.05, 0) is 6.92 Å². The second-order valence-corrected chi connectivity index (χ2v) is 5.59. The number of rotatable bonds is 4. The summed E-state index contributed by atoms with van der Waals surface area (Å²) in [4.78, 5) is 9.36. The molecule has 0 bridgehead atoms. The zero-order valence-electron chi connectivity index (χ0n) is 9.08. The first-order chi connectivity index (χ1) is 8.31. The standard InChI is InChI=1S/C9H7ClN2O5S/c1-2-17-8-3-6(5-11)9(18(10,15)16)4-7(8)12(13)14/h3-4H,2H2,1H3. The molecule has 0 aliphatic rings. The molecule has 1 aromatic rings. The molecular weight excluding hydrogens is 284 g/mol. The van der Waals surface area contributed by atoms with Crippen LogP contribution in [0.2, 0.25) is 0 Å². The Morgan fingerprint density at radius 1 is 1.56 bits per heavy atom. The maximum absolute atomic E-state index is 11.2. The van der Waals surface area contributed by atoms with Crippen molar-refractivity contribution >= 4 is 25.4 Å². The van der Waals surface area contributed by atoms with Gasteiger partial charge >= 0.3 is 5.69 Å². The summed E-state index contributed by atoms with van der Waals surface area (Å²) in [5, 5.41) is 19.6. The van der Waals surface area contributed by atoms with Crippen molar-refractivity contribution in [2.24, 2.45) is 0 Å². The highest BCUT2D eigenvalue weighted by molar-refractivity contribution is 8.13. The van der Waals surface area contributed by atoms with Gasteiger partial charge in [-0.25, -0.2) is 8.42 Å². The van der Waals surface area contributed by atoms with E-state index >= 15 is 0 Å². The Morgan fingerprint density at radius 3 is 2.56 bits per heavy atom. The van der Waals surface area contributed by atoms with Crippen molar-refractivity contribution in [1.29, 1.82) is 5.26 Å². The van der Waals surface area contributed by atoms with Crippen molar-refractivity contribution < 1.29 is 18.1 Å². The van der Waals surface area contributed by atoms with Crippen LogP contribution in [0, 0.1) is 21.4 Å². The molecule has 0 N–H and O–H groups in total. The molecule has 0 aromatic heterocycles. The van der Waals surface area contributed by atoms with Crippen LogP contribution in [0.1, 0.15) is 12.5 Å². The van der Waals surface area contributed by atoms with Crippen molar-refractivity contribution in [3.8, 4) is 11.8 Å². The minimum atomic E-state index is -4.24.